The number of rotatable bonds is 4. The zero-order chi connectivity index (χ0) is 13.5. The third-order valence-electron chi connectivity index (χ3n) is 3.18. The van der Waals surface area contributed by atoms with E-state index < -0.39 is 0 Å². The van der Waals surface area contributed by atoms with E-state index in [1.54, 1.807) is 0 Å². The van der Waals surface area contributed by atoms with Crippen LogP contribution in [0.15, 0.2) is 30.3 Å². The Hall–Kier alpha value is -1.68. The average molecular weight is 261 g/mol. The lowest BCUT2D eigenvalue weighted by atomic mass is 10.2. The average Bonchev–Trinajstić information content (AvgIpc) is 2.62. The van der Waals surface area contributed by atoms with Crippen LogP contribution in [-0.2, 0) is 20.9 Å². The molecule has 0 N–H and O–H groups in total. The van der Waals surface area contributed by atoms with Crippen LogP contribution in [0.1, 0.15) is 24.8 Å². The topological polar surface area (TPSA) is 46.6 Å². The summed E-state index contributed by atoms with van der Waals surface area (Å²) in [5, 5.41) is 0. The van der Waals surface area contributed by atoms with Crippen molar-refractivity contribution in [1.29, 1.82) is 0 Å². The number of Topliss-reactive ketones (excluding diaryl/α,β-unsaturated/α-hetero) is 1. The molecule has 0 radical (unpaired) electrons. The molecule has 1 aliphatic rings. The van der Waals surface area contributed by atoms with Crippen LogP contribution in [0.3, 0.4) is 0 Å². The molecule has 0 amide bonds. The molecule has 0 unspecified atom stereocenters. The molecule has 1 aromatic rings. The van der Waals surface area contributed by atoms with Crippen LogP contribution >= 0.6 is 0 Å². The highest BCUT2D eigenvalue weighted by Crippen LogP contribution is 2.07. The Balaban J connectivity index is 1.76. The zero-order valence-corrected chi connectivity index (χ0v) is 11.0. The monoisotopic (exact) mass is 261 g/mol. The number of carbonyl (C=O) groups excluding carboxylic acids is 2. The second kappa shape index (κ2) is 7.04. The number of ether oxygens (including phenoxy) is 1. The fourth-order valence-electron chi connectivity index (χ4n) is 2.17. The first-order valence-corrected chi connectivity index (χ1v) is 6.67. The van der Waals surface area contributed by atoms with Crippen molar-refractivity contribution in [2.24, 2.45) is 0 Å². The molecule has 0 atom stereocenters. The molecule has 0 saturated carbocycles. The van der Waals surface area contributed by atoms with Crippen molar-refractivity contribution < 1.29 is 14.3 Å². The van der Waals surface area contributed by atoms with Gasteiger partial charge in [-0.3, -0.25) is 14.5 Å². The van der Waals surface area contributed by atoms with Crippen molar-refractivity contribution in [3.05, 3.63) is 35.9 Å². The standard InChI is InChI=1S/C15H19NO3/c17-14-8-4-5-9-16(10-14)11-15(18)19-12-13-6-2-1-3-7-13/h1-3,6-7H,4-5,8-12H2. The van der Waals surface area contributed by atoms with Crippen molar-refractivity contribution in [3.63, 3.8) is 0 Å². The van der Waals surface area contributed by atoms with E-state index >= 15 is 0 Å². The molecule has 1 fully saturated rings. The minimum atomic E-state index is -0.265. The number of benzene rings is 1. The summed E-state index contributed by atoms with van der Waals surface area (Å²) in [7, 11) is 0. The van der Waals surface area contributed by atoms with E-state index in [4.69, 9.17) is 4.74 Å². The van der Waals surface area contributed by atoms with Gasteiger partial charge in [-0.2, -0.15) is 0 Å². The Labute approximate surface area is 113 Å². The highest BCUT2D eigenvalue weighted by molar-refractivity contribution is 5.81. The molecule has 102 valence electrons. The third-order valence-corrected chi connectivity index (χ3v) is 3.18. The summed E-state index contributed by atoms with van der Waals surface area (Å²) in [4.78, 5) is 25.1. The van der Waals surface area contributed by atoms with Gasteiger partial charge in [0.25, 0.3) is 0 Å². The maximum atomic E-state index is 11.7. The first-order chi connectivity index (χ1) is 9.24. The first-order valence-electron chi connectivity index (χ1n) is 6.67. The quantitative estimate of drug-likeness (QED) is 0.775. The van der Waals surface area contributed by atoms with Crippen molar-refractivity contribution in [1.82, 2.24) is 4.90 Å². The van der Waals surface area contributed by atoms with Crippen molar-refractivity contribution in [2.45, 2.75) is 25.9 Å². The second-order valence-corrected chi connectivity index (χ2v) is 4.85. The lowest BCUT2D eigenvalue weighted by Gasteiger charge is -2.17. The minimum absolute atomic E-state index is 0.207. The number of likely N-dealkylation sites (tertiary alicyclic amines) is 1. The van der Waals surface area contributed by atoms with Crippen molar-refractivity contribution >= 4 is 11.8 Å². The number of carbonyl (C=O) groups is 2. The van der Waals surface area contributed by atoms with Crippen LogP contribution in [0.25, 0.3) is 0 Å². The van der Waals surface area contributed by atoms with Gasteiger partial charge >= 0.3 is 5.97 Å². The fourth-order valence-corrected chi connectivity index (χ4v) is 2.17. The molecule has 19 heavy (non-hydrogen) atoms. The molecule has 4 nitrogen and oxygen atoms in total. The summed E-state index contributed by atoms with van der Waals surface area (Å²) in [5.41, 5.74) is 0.975. The van der Waals surface area contributed by atoms with Gasteiger partial charge in [-0.25, -0.2) is 0 Å². The van der Waals surface area contributed by atoms with Crippen molar-refractivity contribution in [3.8, 4) is 0 Å². The summed E-state index contributed by atoms with van der Waals surface area (Å²) < 4.78 is 5.21. The highest BCUT2D eigenvalue weighted by atomic mass is 16.5. The van der Waals surface area contributed by atoms with Gasteiger partial charge in [0.05, 0.1) is 13.1 Å². The van der Waals surface area contributed by atoms with E-state index in [0.29, 0.717) is 19.6 Å². The SMILES string of the molecule is O=C1CCCCN(CC(=O)OCc2ccccc2)C1. The van der Waals surface area contributed by atoms with Gasteiger partial charge in [-0.1, -0.05) is 30.3 Å². The predicted molar refractivity (Wildman–Crippen MR) is 71.5 cm³/mol. The number of hydrogen-bond donors (Lipinski definition) is 0. The van der Waals surface area contributed by atoms with Crippen LogP contribution in [0.4, 0.5) is 0 Å². The minimum Gasteiger partial charge on any atom is -0.460 e. The van der Waals surface area contributed by atoms with E-state index in [1.165, 1.54) is 0 Å². The molecule has 4 heteroatoms. The maximum absolute atomic E-state index is 11.7. The van der Waals surface area contributed by atoms with Gasteiger partial charge in [0.15, 0.2) is 0 Å². The van der Waals surface area contributed by atoms with Crippen LogP contribution in [0.2, 0.25) is 0 Å². The summed E-state index contributed by atoms with van der Waals surface area (Å²) in [6.07, 6.45) is 2.53. The van der Waals surface area contributed by atoms with Gasteiger partial charge in [-0.05, 0) is 24.9 Å². The van der Waals surface area contributed by atoms with Crippen molar-refractivity contribution in [2.75, 3.05) is 19.6 Å². The second-order valence-electron chi connectivity index (χ2n) is 4.85. The number of ketones is 1. The summed E-state index contributed by atoms with van der Waals surface area (Å²) in [6, 6.07) is 9.59. The largest absolute Gasteiger partial charge is 0.460 e. The molecule has 2 rings (SSSR count). The zero-order valence-electron chi connectivity index (χ0n) is 11.0. The maximum Gasteiger partial charge on any atom is 0.320 e. The molecule has 0 aliphatic carbocycles. The van der Waals surface area contributed by atoms with E-state index in [-0.39, 0.29) is 18.3 Å². The summed E-state index contributed by atoms with van der Waals surface area (Å²) in [6.45, 7) is 1.67. The van der Waals surface area contributed by atoms with Crippen LogP contribution in [0.5, 0.6) is 0 Å². The number of nitrogens with zero attached hydrogens (tertiary/aromatic N) is 1. The van der Waals surface area contributed by atoms with Gasteiger partial charge < -0.3 is 4.74 Å². The predicted octanol–water partition coefficient (Wildman–Crippen LogP) is 1.78. The fraction of sp³-hybridized carbons (Fsp3) is 0.467. The molecule has 0 bridgehead atoms. The Morgan fingerprint density at radius 3 is 2.79 bits per heavy atom. The molecule has 0 aromatic heterocycles. The number of esters is 1. The van der Waals surface area contributed by atoms with E-state index in [0.717, 1.165) is 24.9 Å². The highest BCUT2D eigenvalue weighted by Gasteiger charge is 2.18. The van der Waals surface area contributed by atoms with Crippen LogP contribution in [-0.4, -0.2) is 36.3 Å². The van der Waals surface area contributed by atoms with Gasteiger partial charge in [-0.15, -0.1) is 0 Å². The normalized spacial score (nSPS) is 16.9. The van der Waals surface area contributed by atoms with E-state index in [1.807, 2.05) is 35.2 Å². The molecular formula is C15H19NO3. The Morgan fingerprint density at radius 1 is 1.21 bits per heavy atom. The van der Waals surface area contributed by atoms with E-state index in [9.17, 15) is 9.59 Å². The Morgan fingerprint density at radius 2 is 2.00 bits per heavy atom. The molecule has 1 heterocycles. The van der Waals surface area contributed by atoms with Gasteiger partial charge in [0.2, 0.25) is 0 Å². The van der Waals surface area contributed by atoms with Crippen LogP contribution < -0.4 is 0 Å². The first kappa shape index (κ1) is 13.7. The Kier molecular flexibility index (Phi) is 5.10. The third kappa shape index (κ3) is 4.83. The molecule has 1 saturated heterocycles. The van der Waals surface area contributed by atoms with Gasteiger partial charge in [0.1, 0.15) is 12.4 Å². The number of hydrogen-bond acceptors (Lipinski definition) is 4. The molecule has 1 aliphatic heterocycles. The summed E-state index contributed by atoms with van der Waals surface area (Å²) >= 11 is 0. The molecule has 1 aromatic carbocycles. The lowest BCUT2D eigenvalue weighted by molar-refractivity contribution is -0.146. The smallest absolute Gasteiger partial charge is 0.320 e. The van der Waals surface area contributed by atoms with E-state index in [2.05, 4.69) is 0 Å². The molecule has 0 spiro atoms. The Bertz CT molecular complexity index is 430. The van der Waals surface area contributed by atoms with Gasteiger partial charge in [0, 0.05) is 6.42 Å². The summed E-state index contributed by atoms with van der Waals surface area (Å²) in [5.74, 6) is -0.0492. The lowest BCUT2D eigenvalue weighted by Crippen LogP contribution is -2.34. The molecular weight excluding hydrogens is 242 g/mol. The van der Waals surface area contributed by atoms with Crippen LogP contribution in [0, 0.1) is 0 Å².